The highest BCUT2D eigenvalue weighted by atomic mass is 15.2. The van der Waals surface area contributed by atoms with Crippen molar-refractivity contribution in [3.8, 4) is 0 Å². The van der Waals surface area contributed by atoms with Crippen molar-refractivity contribution < 1.29 is 0 Å². The van der Waals surface area contributed by atoms with Crippen LogP contribution in [0.3, 0.4) is 0 Å². The Labute approximate surface area is 109 Å². The average Bonchev–Trinajstić information content (AvgIpc) is 3.16. The molecule has 0 aromatic carbocycles. The minimum atomic E-state index is 0.613. The first-order chi connectivity index (χ1) is 8.80. The highest BCUT2D eigenvalue weighted by molar-refractivity contribution is 5.50. The lowest BCUT2D eigenvalue weighted by Gasteiger charge is -2.18. The second kappa shape index (κ2) is 4.75. The number of nitrogens with one attached hydrogen (secondary N) is 1. The molecule has 1 saturated heterocycles. The van der Waals surface area contributed by atoms with Crippen LogP contribution in [0.15, 0.2) is 6.07 Å². The molecule has 2 fully saturated rings. The Bertz CT molecular complexity index is 428. The van der Waals surface area contributed by atoms with E-state index in [0.29, 0.717) is 5.92 Å². The van der Waals surface area contributed by atoms with Crippen LogP contribution in [-0.2, 0) is 0 Å². The Hall–Kier alpha value is -1.32. The summed E-state index contributed by atoms with van der Waals surface area (Å²) in [6.07, 6.45) is 5.08. The van der Waals surface area contributed by atoms with Crippen molar-refractivity contribution in [1.29, 1.82) is 0 Å². The average molecular weight is 246 g/mol. The summed E-state index contributed by atoms with van der Waals surface area (Å²) in [4.78, 5) is 11.8. The number of hydrogen-bond acceptors (Lipinski definition) is 4. The monoisotopic (exact) mass is 246 g/mol. The van der Waals surface area contributed by atoms with Crippen molar-refractivity contribution in [2.75, 3.05) is 30.4 Å². The van der Waals surface area contributed by atoms with Crippen LogP contribution in [0.25, 0.3) is 0 Å². The van der Waals surface area contributed by atoms with Gasteiger partial charge in [0.15, 0.2) is 0 Å². The molecule has 4 heteroatoms. The predicted octanol–water partition coefficient (Wildman–Crippen LogP) is 2.63. The van der Waals surface area contributed by atoms with Crippen molar-refractivity contribution >= 4 is 11.6 Å². The summed E-state index contributed by atoms with van der Waals surface area (Å²) in [6, 6.07) is 2.09. The third kappa shape index (κ3) is 2.28. The zero-order valence-corrected chi connectivity index (χ0v) is 11.3. The van der Waals surface area contributed by atoms with Crippen LogP contribution in [-0.4, -0.2) is 30.1 Å². The molecule has 98 valence electrons. The standard InChI is InChI=1S/C14H22N4/c1-3-10-6-7-18(9-10)13-8-12(15-2)16-14(17-13)11-4-5-11/h8,10-11H,3-7,9H2,1-2H3,(H,15,16,17). The maximum absolute atomic E-state index is 4.77. The first-order valence-corrected chi connectivity index (χ1v) is 7.11. The van der Waals surface area contributed by atoms with Gasteiger partial charge in [0.05, 0.1) is 0 Å². The van der Waals surface area contributed by atoms with Crippen molar-refractivity contribution in [2.24, 2.45) is 5.92 Å². The summed E-state index contributed by atoms with van der Waals surface area (Å²) >= 11 is 0. The highest BCUT2D eigenvalue weighted by Gasteiger charge is 2.29. The number of aromatic nitrogens is 2. The molecular formula is C14H22N4. The van der Waals surface area contributed by atoms with Gasteiger partial charge in [-0.3, -0.25) is 0 Å². The molecule has 1 aliphatic carbocycles. The molecule has 1 aromatic rings. The fourth-order valence-electron chi connectivity index (χ4n) is 2.64. The molecule has 0 radical (unpaired) electrons. The van der Waals surface area contributed by atoms with Gasteiger partial charge >= 0.3 is 0 Å². The number of hydrogen-bond donors (Lipinski definition) is 1. The van der Waals surface area contributed by atoms with Gasteiger partial charge in [-0.05, 0) is 25.2 Å². The van der Waals surface area contributed by atoms with Gasteiger partial charge in [0.25, 0.3) is 0 Å². The molecule has 0 bridgehead atoms. The quantitative estimate of drug-likeness (QED) is 0.886. The van der Waals surface area contributed by atoms with E-state index in [1.165, 1.54) is 25.7 Å². The Balaban J connectivity index is 1.84. The van der Waals surface area contributed by atoms with Gasteiger partial charge in [-0.1, -0.05) is 13.3 Å². The number of anilines is 2. The second-order valence-electron chi connectivity index (χ2n) is 5.50. The molecule has 2 aliphatic rings. The van der Waals surface area contributed by atoms with E-state index >= 15 is 0 Å². The topological polar surface area (TPSA) is 41.0 Å². The van der Waals surface area contributed by atoms with E-state index < -0.39 is 0 Å². The molecule has 1 unspecified atom stereocenters. The van der Waals surface area contributed by atoms with Crippen LogP contribution in [0.5, 0.6) is 0 Å². The van der Waals surface area contributed by atoms with Crippen molar-refractivity contribution in [3.63, 3.8) is 0 Å². The molecule has 1 aromatic heterocycles. The van der Waals surface area contributed by atoms with Crippen molar-refractivity contribution in [1.82, 2.24) is 9.97 Å². The predicted molar refractivity (Wildman–Crippen MR) is 74.2 cm³/mol. The summed E-state index contributed by atoms with van der Waals surface area (Å²) in [5.41, 5.74) is 0. The minimum Gasteiger partial charge on any atom is -0.373 e. The van der Waals surface area contributed by atoms with Gasteiger partial charge in [-0.2, -0.15) is 0 Å². The maximum Gasteiger partial charge on any atom is 0.136 e. The summed E-state index contributed by atoms with van der Waals surface area (Å²) in [5.74, 6) is 4.56. The Morgan fingerprint density at radius 1 is 1.33 bits per heavy atom. The smallest absolute Gasteiger partial charge is 0.136 e. The zero-order chi connectivity index (χ0) is 12.5. The molecule has 1 atom stereocenters. The number of nitrogens with zero attached hydrogens (tertiary/aromatic N) is 3. The first kappa shape index (κ1) is 11.8. The molecule has 1 saturated carbocycles. The first-order valence-electron chi connectivity index (χ1n) is 7.11. The van der Waals surface area contributed by atoms with Crippen LogP contribution in [0, 0.1) is 5.92 Å². The molecule has 1 aliphatic heterocycles. The third-order valence-electron chi connectivity index (χ3n) is 4.12. The second-order valence-corrected chi connectivity index (χ2v) is 5.50. The number of rotatable bonds is 4. The fraction of sp³-hybridized carbons (Fsp3) is 0.714. The summed E-state index contributed by atoms with van der Waals surface area (Å²) in [5, 5.41) is 3.16. The molecule has 3 rings (SSSR count). The van der Waals surface area contributed by atoms with Gasteiger partial charge in [0, 0.05) is 32.1 Å². The highest BCUT2D eigenvalue weighted by Crippen LogP contribution is 2.39. The Kier molecular flexibility index (Phi) is 3.10. The van der Waals surface area contributed by atoms with Crippen LogP contribution in [0.1, 0.15) is 44.3 Å². The van der Waals surface area contributed by atoms with Gasteiger partial charge < -0.3 is 10.2 Å². The van der Waals surface area contributed by atoms with Crippen LogP contribution < -0.4 is 10.2 Å². The molecule has 0 amide bonds. The van der Waals surface area contributed by atoms with Crippen molar-refractivity contribution in [3.05, 3.63) is 11.9 Å². The molecule has 2 heterocycles. The van der Waals surface area contributed by atoms with Crippen LogP contribution >= 0.6 is 0 Å². The largest absolute Gasteiger partial charge is 0.373 e. The van der Waals surface area contributed by atoms with E-state index in [1.807, 2.05) is 7.05 Å². The SMILES string of the molecule is CCC1CCN(c2cc(NC)nc(C3CC3)n2)C1. The van der Waals surface area contributed by atoms with E-state index in [2.05, 4.69) is 28.2 Å². The van der Waals surface area contributed by atoms with Crippen molar-refractivity contribution in [2.45, 2.75) is 38.5 Å². The lowest BCUT2D eigenvalue weighted by molar-refractivity contribution is 0.568. The Morgan fingerprint density at radius 3 is 2.78 bits per heavy atom. The summed E-state index contributed by atoms with van der Waals surface area (Å²) in [7, 11) is 1.93. The lowest BCUT2D eigenvalue weighted by Crippen LogP contribution is -2.21. The molecule has 1 N–H and O–H groups in total. The Morgan fingerprint density at radius 2 is 2.17 bits per heavy atom. The van der Waals surface area contributed by atoms with E-state index in [0.717, 1.165) is 36.5 Å². The third-order valence-corrected chi connectivity index (χ3v) is 4.12. The van der Waals surface area contributed by atoms with Gasteiger partial charge in [-0.25, -0.2) is 9.97 Å². The summed E-state index contributed by atoms with van der Waals surface area (Å²) in [6.45, 7) is 4.58. The normalized spacial score (nSPS) is 23.4. The van der Waals surface area contributed by atoms with Crippen LogP contribution in [0.4, 0.5) is 11.6 Å². The molecule has 0 spiro atoms. The van der Waals surface area contributed by atoms with E-state index in [4.69, 9.17) is 4.98 Å². The van der Waals surface area contributed by atoms with Gasteiger partial charge in [0.2, 0.25) is 0 Å². The van der Waals surface area contributed by atoms with Crippen LogP contribution in [0.2, 0.25) is 0 Å². The minimum absolute atomic E-state index is 0.613. The molecular weight excluding hydrogens is 224 g/mol. The van der Waals surface area contributed by atoms with Gasteiger partial charge in [0.1, 0.15) is 17.5 Å². The maximum atomic E-state index is 4.77. The zero-order valence-electron chi connectivity index (χ0n) is 11.3. The van der Waals surface area contributed by atoms with E-state index in [-0.39, 0.29) is 0 Å². The molecule has 4 nitrogen and oxygen atoms in total. The summed E-state index contributed by atoms with van der Waals surface area (Å²) < 4.78 is 0. The fourth-order valence-corrected chi connectivity index (χ4v) is 2.64. The van der Waals surface area contributed by atoms with E-state index in [1.54, 1.807) is 0 Å². The van der Waals surface area contributed by atoms with Gasteiger partial charge in [-0.15, -0.1) is 0 Å². The lowest BCUT2D eigenvalue weighted by atomic mass is 10.1. The molecule has 18 heavy (non-hydrogen) atoms. The van der Waals surface area contributed by atoms with E-state index in [9.17, 15) is 0 Å².